The molecular weight excluding hydrogens is 422 g/mol. The number of ketones is 1. The van der Waals surface area contributed by atoms with Gasteiger partial charge >= 0.3 is 0 Å². The number of Topliss-reactive ketones (excluding diaryl/α,β-unsaturated/α-hetero) is 1. The van der Waals surface area contributed by atoms with Crippen molar-refractivity contribution in [3.05, 3.63) is 117 Å². The molecule has 1 aromatic heterocycles. The summed E-state index contributed by atoms with van der Waals surface area (Å²) in [5, 5.41) is 7.85. The van der Waals surface area contributed by atoms with Crippen LogP contribution in [-0.2, 0) is 17.8 Å². The van der Waals surface area contributed by atoms with Gasteiger partial charge in [-0.15, -0.1) is 0 Å². The predicted molar refractivity (Wildman–Crippen MR) is 124 cm³/mol. The number of nitrogens with one attached hydrogen (secondary N) is 1. The van der Waals surface area contributed by atoms with Crippen LogP contribution in [0, 0.1) is 0 Å². The van der Waals surface area contributed by atoms with Crippen LogP contribution in [-0.4, -0.2) is 21.5 Å². The normalized spacial score (nSPS) is 15.0. The Balaban J connectivity index is 1.29. The maximum Gasteiger partial charge on any atom is 0.258 e. The van der Waals surface area contributed by atoms with E-state index in [1.54, 1.807) is 23.0 Å². The molecule has 5 nitrogen and oxygen atoms in total. The van der Waals surface area contributed by atoms with E-state index in [-0.39, 0.29) is 18.1 Å². The van der Waals surface area contributed by atoms with Crippen LogP contribution in [0.3, 0.4) is 0 Å². The molecule has 2 aromatic carbocycles. The van der Waals surface area contributed by atoms with E-state index in [1.807, 2.05) is 36.4 Å². The van der Waals surface area contributed by atoms with Crippen molar-refractivity contribution in [3.63, 3.8) is 0 Å². The topological polar surface area (TPSA) is 64.0 Å². The van der Waals surface area contributed by atoms with E-state index in [0.29, 0.717) is 28.4 Å². The first-order valence-corrected chi connectivity index (χ1v) is 10.7. The molecular formula is C26H20ClN3O2. The van der Waals surface area contributed by atoms with Crippen molar-refractivity contribution in [2.75, 3.05) is 0 Å². The quantitative estimate of drug-likeness (QED) is 0.622. The van der Waals surface area contributed by atoms with Crippen LogP contribution in [0.2, 0.25) is 5.02 Å². The van der Waals surface area contributed by atoms with Gasteiger partial charge in [-0.2, -0.15) is 5.10 Å². The molecule has 1 heterocycles. The monoisotopic (exact) mass is 441 g/mol. The van der Waals surface area contributed by atoms with Crippen LogP contribution in [0.1, 0.15) is 33.5 Å². The third-order valence-corrected chi connectivity index (χ3v) is 5.84. The molecule has 6 heteroatoms. The molecule has 0 bridgehead atoms. The number of nitrogens with zero attached hydrogens (tertiary/aromatic N) is 2. The summed E-state index contributed by atoms with van der Waals surface area (Å²) >= 11 is 6.04. The molecule has 1 amide bonds. The largest absolute Gasteiger partial charge is 0.322 e. The number of hydrogen-bond acceptors (Lipinski definition) is 3. The molecule has 0 aliphatic heterocycles. The van der Waals surface area contributed by atoms with E-state index < -0.39 is 0 Å². The molecule has 5 rings (SSSR count). The lowest BCUT2D eigenvalue weighted by atomic mass is 9.93. The number of fused-ring (bicyclic) bond motifs is 1. The second-order valence-electron chi connectivity index (χ2n) is 7.90. The average Bonchev–Trinajstić information content (AvgIpc) is 3.42. The summed E-state index contributed by atoms with van der Waals surface area (Å²) in [6.07, 6.45) is 9.82. The summed E-state index contributed by atoms with van der Waals surface area (Å²) in [5.41, 5.74) is 6.09. The highest BCUT2D eigenvalue weighted by Gasteiger charge is 2.23. The van der Waals surface area contributed by atoms with Gasteiger partial charge in [0.15, 0.2) is 5.78 Å². The molecule has 0 spiro atoms. The highest BCUT2D eigenvalue weighted by molar-refractivity contribution is 6.30. The summed E-state index contributed by atoms with van der Waals surface area (Å²) in [4.78, 5) is 25.3. The van der Waals surface area contributed by atoms with Crippen molar-refractivity contribution >= 4 is 29.4 Å². The number of hydrogen-bond donors (Lipinski definition) is 1. The van der Waals surface area contributed by atoms with E-state index >= 15 is 0 Å². The Bertz CT molecular complexity index is 1330. The minimum Gasteiger partial charge on any atom is -0.322 e. The third-order valence-electron chi connectivity index (χ3n) is 5.61. The standard InChI is InChI=1S/C26H20ClN3O2/c27-22-7-3-4-17(10-22)15-30-16-21(14-28-30)26(32)29-23-8-9-25(31)24(13-23)20-11-18-5-1-2-6-19(18)12-20/h1-8,10-11,13-14,16H,9,12,15H2,(H,29,32). The first-order chi connectivity index (χ1) is 15.5. The molecule has 2 aliphatic rings. The Morgan fingerprint density at radius 2 is 2.00 bits per heavy atom. The van der Waals surface area contributed by atoms with E-state index in [1.165, 1.54) is 11.8 Å². The lowest BCUT2D eigenvalue weighted by molar-refractivity contribution is -0.114. The van der Waals surface area contributed by atoms with Gasteiger partial charge in [0.05, 0.1) is 18.3 Å². The van der Waals surface area contributed by atoms with Gasteiger partial charge in [0.1, 0.15) is 0 Å². The first kappa shape index (κ1) is 20.2. The molecule has 0 fully saturated rings. The summed E-state index contributed by atoms with van der Waals surface area (Å²) in [7, 11) is 0. The van der Waals surface area contributed by atoms with Crippen LogP contribution in [0.5, 0.6) is 0 Å². The molecule has 1 N–H and O–H groups in total. The predicted octanol–water partition coefficient (Wildman–Crippen LogP) is 4.74. The Kier molecular flexibility index (Phi) is 5.33. The van der Waals surface area contributed by atoms with Crippen LogP contribution in [0.25, 0.3) is 6.08 Å². The number of carbonyl (C=O) groups is 2. The van der Waals surface area contributed by atoms with E-state index in [4.69, 9.17) is 11.6 Å². The minimum absolute atomic E-state index is 0.0661. The second-order valence-corrected chi connectivity index (χ2v) is 8.34. The van der Waals surface area contributed by atoms with Crippen molar-refractivity contribution in [2.45, 2.75) is 19.4 Å². The van der Waals surface area contributed by atoms with Gasteiger partial charge in [-0.05, 0) is 46.9 Å². The fourth-order valence-electron chi connectivity index (χ4n) is 4.01. The third kappa shape index (κ3) is 4.20. The fraction of sp³-hybridized carbons (Fsp3) is 0.115. The molecule has 3 aromatic rings. The SMILES string of the molecule is O=C1CC=C(NC(=O)c2cnn(Cc3cccc(Cl)c3)c2)C=C1C1=Cc2ccccc2C1. The number of halogens is 1. The highest BCUT2D eigenvalue weighted by Crippen LogP contribution is 2.32. The number of aromatic nitrogens is 2. The number of amides is 1. The van der Waals surface area contributed by atoms with Gasteiger partial charge in [-0.1, -0.05) is 60.2 Å². The number of benzene rings is 2. The van der Waals surface area contributed by atoms with E-state index in [2.05, 4.69) is 28.6 Å². The summed E-state index contributed by atoms with van der Waals surface area (Å²) in [5.74, 6) is -0.196. The Morgan fingerprint density at radius 1 is 1.12 bits per heavy atom. The molecule has 0 saturated carbocycles. The molecule has 0 atom stereocenters. The zero-order chi connectivity index (χ0) is 22.1. The molecule has 2 aliphatic carbocycles. The zero-order valence-corrected chi connectivity index (χ0v) is 18.0. The van der Waals surface area contributed by atoms with E-state index in [0.717, 1.165) is 23.1 Å². The second kappa shape index (κ2) is 8.44. The lowest BCUT2D eigenvalue weighted by Gasteiger charge is -2.14. The Morgan fingerprint density at radius 3 is 2.84 bits per heavy atom. The van der Waals surface area contributed by atoms with Crippen LogP contribution in [0.4, 0.5) is 0 Å². The lowest BCUT2D eigenvalue weighted by Crippen LogP contribution is -2.24. The number of rotatable bonds is 5. The minimum atomic E-state index is -0.262. The maximum absolute atomic E-state index is 12.8. The summed E-state index contributed by atoms with van der Waals surface area (Å²) in [6, 6.07) is 15.7. The van der Waals surface area contributed by atoms with Crippen molar-refractivity contribution in [2.24, 2.45) is 0 Å². The summed E-state index contributed by atoms with van der Waals surface area (Å²) in [6.45, 7) is 0.518. The van der Waals surface area contributed by atoms with Crippen LogP contribution >= 0.6 is 11.6 Å². The van der Waals surface area contributed by atoms with E-state index in [9.17, 15) is 9.59 Å². The van der Waals surface area contributed by atoms with Gasteiger partial charge in [0.25, 0.3) is 5.91 Å². The number of carbonyl (C=O) groups excluding carboxylic acids is 2. The molecule has 0 radical (unpaired) electrons. The van der Waals surface area contributed by atoms with Gasteiger partial charge < -0.3 is 5.32 Å². The van der Waals surface area contributed by atoms with Crippen LogP contribution < -0.4 is 5.32 Å². The van der Waals surface area contributed by atoms with Crippen LogP contribution in [0.15, 0.2) is 89.9 Å². The molecule has 0 saturated heterocycles. The van der Waals surface area contributed by atoms with Crippen molar-refractivity contribution < 1.29 is 9.59 Å². The van der Waals surface area contributed by atoms with Gasteiger partial charge in [0, 0.05) is 28.9 Å². The zero-order valence-electron chi connectivity index (χ0n) is 17.2. The average molecular weight is 442 g/mol. The highest BCUT2D eigenvalue weighted by atomic mass is 35.5. The van der Waals surface area contributed by atoms with Crippen molar-refractivity contribution in [1.29, 1.82) is 0 Å². The molecule has 0 unspecified atom stereocenters. The van der Waals surface area contributed by atoms with Crippen molar-refractivity contribution in [3.8, 4) is 0 Å². The van der Waals surface area contributed by atoms with Gasteiger partial charge in [0.2, 0.25) is 0 Å². The fourth-order valence-corrected chi connectivity index (χ4v) is 4.23. The molecule has 158 valence electrons. The Labute approximate surface area is 190 Å². The summed E-state index contributed by atoms with van der Waals surface area (Å²) < 4.78 is 1.70. The first-order valence-electron chi connectivity index (χ1n) is 10.4. The molecule has 32 heavy (non-hydrogen) atoms. The smallest absolute Gasteiger partial charge is 0.258 e. The Hall–Kier alpha value is -3.70. The van der Waals surface area contributed by atoms with Crippen molar-refractivity contribution in [1.82, 2.24) is 15.1 Å². The number of allylic oxidation sites excluding steroid dienone is 4. The maximum atomic E-state index is 12.8. The van der Waals surface area contributed by atoms with Gasteiger partial charge in [-0.3, -0.25) is 14.3 Å². The van der Waals surface area contributed by atoms with Gasteiger partial charge in [-0.25, -0.2) is 0 Å².